The highest BCUT2D eigenvalue weighted by molar-refractivity contribution is 5.35. The minimum atomic E-state index is 0.777. The number of nitrogens with zero attached hydrogens (tertiary/aromatic N) is 3. The molecule has 0 amide bonds. The fraction of sp³-hybridized carbons (Fsp3) is 0.200. The summed E-state index contributed by atoms with van der Waals surface area (Å²) in [6, 6.07) is 5.81. The molecule has 0 aliphatic carbocycles. The Morgan fingerprint density at radius 2 is 1.86 bits per heavy atom. The molecule has 0 saturated carbocycles. The number of hydrogen-bond donors (Lipinski definition) is 1. The van der Waals surface area contributed by atoms with E-state index in [0.29, 0.717) is 0 Å². The molecule has 4 heteroatoms. The first-order valence-corrected chi connectivity index (χ1v) is 4.46. The van der Waals surface area contributed by atoms with Gasteiger partial charge in [0.25, 0.3) is 0 Å². The van der Waals surface area contributed by atoms with E-state index in [2.05, 4.69) is 15.4 Å². The molecule has 0 saturated heterocycles. The molecule has 1 N–H and O–H groups in total. The van der Waals surface area contributed by atoms with Crippen LogP contribution in [0.15, 0.2) is 30.6 Å². The second-order valence-corrected chi connectivity index (χ2v) is 3.14. The van der Waals surface area contributed by atoms with E-state index in [9.17, 15) is 0 Å². The molecule has 0 bridgehead atoms. The Balaban J connectivity index is 2.25. The average Bonchev–Trinajstić information content (AvgIpc) is 2.54. The maximum absolute atomic E-state index is 4.27. The standard InChI is InChI=1S/C10H12N4/c1-8-7-10(12-9(2)11-8)13-14-5-3-4-6-14/h3-7H,1-2H3,(H,11,12,13). The second kappa shape index (κ2) is 3.49. The summed E-state index contributed by atoms with van der Waals surface area (Å²) in [4.78, 5) is 8.47. The third kappa shape index (κ3) is 1.90. The lowest BCUT2D eigenvalue weighted by atomic mass is 10.4. The van der Waals surface area contributed by atoms with Gasteiger partial charge in [0.15, 0.2) is 0 Å². The third-order valence-corrected chi connectivity index (χ3v) is 1.81. The molecule has 0 atom stereocenters. The highest BCUT2D eigenvalue weighted by atomic mass is 15.4. The lowest BCUT2D eigenvalue weighted by Gasteiger charge is -2.07. The molecule has 0 aliphatic heterocycles. The van der Waals surface area contributed by atoms with Crippen molar-refractivity contribution in [2.24, 2.45) is 0 Å². The van der Waals surface area contributed by atoms with Crippen LogP contribution < -0.4 is 5.43 Å². The first kappa shape index (κ1) is 8.74. The topological polar surface area (TPSA) is 42.7 Å². The van der Waals surface area contributed by atoms with Crippen molar-refractivity contribution in [2.75, 3.05) is 5.43 Å². The van der Waals surface area contributed by atoms with Crippen LogP contribution in [0, 0.1) is 13.8 Å². The van der Waals surface area contributed by atoms with E-state index in [1.54, 1.807) is 0 Å². The third-order valence-electron chi connectivity index (χ3n) is 1.81. The number of rotatable bonds is 2. The molecule has 2 aromatic rings. The van der Waals surface area contributed by atoms with Crippen LogP contribution in [0.3, 0.4) is 0 Å². The molecule has 2 heterocycles. The van der Waals surface area contributed by atoms with Gasteiger partial charge in [0, 0.05) is 24.2 Å². The van der Waals surface area contributed by atoms with Gasteiger partial charge in [-0.2, -0.15) is 0 Å². The first-order chi connectivity index (χ1) is 6.74. The Morgan fingerprint density at radius 3 is 2.50 bits per heavy atom. The van der Waals surface area contributed by atoms with Crippen LogP contribution >= 0.6 is 0 Å². The highest BCUT2D eigenvalue weighted by Gasteiger charge is 1.97. The normalized spacial score (nSPS) is 10.1. The predicted octanol–water partition coefficient (Wildman–Crippen LogP) is 1.77. The van der Waals surface area contributed by atoms with E-state index in [1.807, 2.05) is 49.1 Å². The van der Waals surface area contributed by atoms with Gasteiger partial charge in [0.1, 0.15) is 11.6 Å². The van der Waals surface area contributed by atoms with E-state index < -0.39 is 0 Å². The summed E-state index contributed by atoms with van der Waals surface area (Å²) in [5, 5.41) is 0. The molecule has 0 aliphatic rings. The summed E-state index contributed by atoms with van der Waals surface area (Å²) < 4.78 is 1.85. The average molecular weight is 188 g/mol. The summed E-state index contributed by atoms with van der Waals surface area (Å²) in [7, 11) is 0. The fourth-order valence-electron chi connectivity index (χ4n) is 1.32. The molecule has 72 valence electrons. The number of nitrogens with one attached hydrogen (secondary N) is 1. The van der Waals surface area contributed by atoms with Crippen LogP contribution in [0.4, 0.5) is 5.82 Å². The predicted molar refractivity (Wildman–Crippen MR) is 55.0 cm³/mol. The Kier molecular flexibility index (Phi) is 2.18. The van der Waals surface area contributed by atoms with Gasteiger partial charge in [0.2, 0.25) is 0 Å². The lowest BCUT2D eigenvalue weighted by Crippen LogP contribution is -2.08. The van der Waals surface area contributed by atoms with Crippen molar-refractivity contribution in [1.82, 2.24) is 14.6 Å². The molecule has 2 aromatic heterocycles. The quantitative estimate of drug-likeness (QED) is 0.781. The van der Waals surface area contributed by atoms with E-state index in [-0.39, 0.29) is 0 Å². The molecule has 14 heavy (non-hydrogen) atoms. The summed E-state index contributed by atoms with van der Waals surface area (Å²) in [6.07, 6.45) is 3.85. The fourth-order valence-corrected chi connectivity index (χ4v) is 1.32. The van der Waals surface area contributed by atoms with Crippen LogP contribution in [0.25, 0.3) is 0 Å². The zero-order chi connectivity index (χ0) is 9.97. The molecular weight excluding hydrogens is 176 g/mol. The van der Waals surface area contributed by atoms with Gasteiger partial charge in [-0.3, -0.25) is 10.1 Å². The zero-order valence-electron chi connectivity index (χ0n) is 8.23. The van der Waals surface area contributed by atoms with Crippen LogP contribution in [-0.2, 0) is 0 Å². The van der Waals surface area contributed by atoms with Crippen LogP contribution in [0.5, 0.6) is 0 Å². The van der Waals surface area contributed by atoms with Crippen molar-refractivity contribution < 1.29 is 0 Å². The van der Waals surface area contributed by atoms with E-state index in [4.69, 9.17) is 0 Å². The Hall–Kier alpha value is -1.84. The van der Waals surface area contributed by atoms with E-state index in [1.165, 1.54) is 0 Å². The van der Waals surface area contributed by atoms with Crippen LogP contribution in [0.1, 0.15) is 11.5 Å². The maximum atomic E-state index is 4.27. The minimum absolute atomic E-state index is 0.777. The number of aromatic nitrogens is 3. The SMILES string of the molecule is Cc1cc(Nn2cccc2)nc(C)n1. The summed E-state index contributed by atoms with van der Waals surface area (Å²) in [5.41, 5.74) is 4.10. The summed E-state index contributed by atoms with van der Waals surface area (Å²) >= 11 is 0. The number of anilines is 1. The van der Waals surface area contributed by atoms with Crippen molar-refractivity contribution in [2.45, 2.75) is 13.8 Å². The maximum Gasteiger partial charge on any atom is 0.148 e. The van der Waals surface area contributed by atoms with Crippen molar-refractivity contribution in [3.8, 4) is 0 Å². The molecule has 0 radical (unpaired) electrons. The van der Waals surface area contributed by atoms with Gasteiger partial charge in [-0.25, -0.2) is 9.97 Å². The molecular formula is C10H12N4. The zero-order valence-corrected chi connectivity index (χ0v) is 8.23. The molecule has 0 unspecified atom stereocenters. The first-order valence-electron chi connectivity index (χ1n) is 4.46. The molecule has 2 rings (SSSR count). The van der Waals surface area contributed by atoms with Gasteiger partial charge in [0.05, 0.1) is 0 Å². The highest BCUT2D eigenvalue weighted by Crippen LogP contribution is 2.05. The number of hydrogen-bond acceptors (Lipinski definition) is 3. The Labute approximate surface area is 82.6 Å². The van der Waals surface area contributed by atoms with E-state index >= 15 is 0 Å². The van der Waals surface area contributed by atoms with Gasteiger partial charge < -0.3 is 0 Å². The molecule has 0 spiro atoms. The van der Waals surface area contributed by atoms with Crippen molar-refractivity contribution in [3.63, 3.8) is 0 Å². The van der Waals surface area contributed by atoms with Gasteiger partial charge in [-0.15, -0.1) is 0 Å². The molecule has 0 aromatic carbocycles. The minimum Gasteiger partial charge on any atom is -0.278 e. The van der Waals surface area contributed by atoms with E-state index in [0.717, 1.165) is 17.3 Å². The Morgan fingerprint density at radius 1 is 1.14 bits per heavy atom. The van der Waals surface area contributed by atoms with Crippen molar-refractivity contribution in [1.29, 1.82) is 0 Å². The summed E-state index contributed by atoms with van der Waals surface area (Å²) in [5.74, 6) is 1.59. The van der Waals surface area contributed by atoms with Crippen molar-refractivity contribution >= 4 is 5.82 Å². The number of aryl methyl sites for hydroxylation is 2. The van der Waals surface area contributed by atoms with Gasteiger partial charge in [-0.1, -0.05) is 0 Å². The molecule has 0 fully saturated rings. The van der Waals surface area contributed by atoms with Crippen LogP contribution in [0.2, 0.25) is 0 Å². The lowest BCUT2D eigenvalue weighted by molar-refractivity contribution is 0.924. The monoisotopic (exact) mass is 188 g/mol. The molecule has 4 nitrogen and oxygen atoms in total. The Bertz CT molecular complexity index is 399. The second-order valence-electron chi connectivity index (χ2n) is 3.14. The van der Waals surface area contributed by atoms with Gasteiger partial charge >= 0.3 is 0 Å². The summed E-state index contributed by atoms with van der Waals surface area (Å²) in [6.45, 7) is 3.84. The smallest absolute Gasteiger partial charge is 0.148 e. The van der Waals surface area contributed by atoms with Crippen molar-refractivity contribution in [3.05, 3.63) is 42.1 Å². The largest absolute Gasteiger partial charge is 0.278 e. The van der Waals surface area contributed by atoms with Gasteiger partial charge in [-0.05, 0) is 26.0 Å². The van der Waals surface area contributed by atoms with Crippen LogP contribution in [-0.4, -0.2) is 14.6 Å².